The summed E-state index contributed by atoms with van der Waals surface area (Å²) in [7, 11) is 0. The van der Waals surface area contributed by atoms with Crippen LogP contribution in [0.15, 0.2) is 10.6 Å². The number of nitrogens with zero attached hydrogens (tertiary/aromatic N) is 2. The molecule has 0 aromatic carbocycles. The fraction of sp³-hybridized carbons (Fsp3) is 0.667. The first-order valence-electron chi connectivity index (χ1n) is 6.19. The molecular weight excluding hydrogens is 218 g/mol. The summed E-state index contributed by atoms with van der Waals surface area (Å²) in [5, 5.41) is 6.46. The highest BCUT2D eigenvalue weighted by Gasteiger charge is 2.12. The molecule has 1 aliphatic rings. The number of anilines is 1. The average Bonchev–Trinajstić information content (AvgIpc) is 2.73. The van der Waals surface area contributed by atoms with Crippen molar-refractivity contribution in [3.63, 3.8) is 0 Å². The zero-order chi connectivity index (χ0) is 12.1. The molecule has 1 aliphatic heterocycles. The van der Waals surface area contributed by atoms with Gasteiger partial charge in [0.05, 0.1) is 0 Å². The van der Waals surface area contributed by atoms with Crippen LogP contribution in [0.2, 0.25) is 0 Å². The number of rotatable bonds is 4. The molecule has 0 unspecified atom stereocenters. The number of nitrogens with one attached hydrogen (secondary N) is 1. The van der Waals surface area contributed by atoms with Gasteiger partial charge in [-0.1, -0.05) is 11.6 Å². The molecule has 1 N–H and O–H groups in total. The van der Waals surface area contributed by atoms with Crippen molar-refractivity contribution in [1.29, 1.82) is 0 Å². The lowest BCUT2D eigenvalue weighted by molar-refractivity contribution is -0.116. The molecular formula is C12H19N3O2. The number of carbonyl (C=O) groups is 1. The number of hydrogen-bond donors (Lipinski definition) is 1. The van der Waals surface area contributed by atoms with E-state index in [1.165, 1.54) is 19.3 Å². The molecule has 2 rings (SSSR count). The van der Waals surface area contributed by atoms with Crippen LogP contribution < -0.4 is 5.32 Å². The second kappa shape index (κ2) is 5.82. The fourth-order valence-electron chi connectivity index (χ4n) is 2.07. The van der Waals surface area contributed by atoms with Gasteiger partial charge in [-0.2, -0.15) is 0 Å². The summed E-state index contributed by atoms with van der Waals surface area (Å²) >= 11 is 0. The lowest BCUT2D eigenvalue weighted by atomic mass is 10.1. The third-order valence-electron chi connectivity index (χ3n) is 3.00. The molecule has 1 amide bonds. The third-order valence-corrected chi connectivity index (χ3v) is 3.00. The maximum Gasteiger partial charge on any atom is 0.226 e. The zero-order valence-electron chi connectivity index (χ0n) is 10.2. The molecule has 0 saturated carbocycles. The minimum absolute atomic E-state index is 0.00359. The monoisotopic (exact) mass is 237 g/mol. The van der Waals surface area contributed by atoms with Crippen LogP contribution in [-0.2, 0) is 4.79 Å². The summed E-state index contributed by atoms with van der Waals surface area (Å²) in [6.45, 7) is 4.88. The quantitative estimate of drug-likeness (QED) is 0.867. The Kier molecular flexibility index (Phi) is 4.14. The van der Waals surface area contributed by atoms with Gasteiger partial charge < -0.3 is 14.7 Å². The Morgan fingerprint density at radius 3 is 2.88 bits per heavy atom. The molecule has 0 radical (unpaired) electrons. The first kappa shape index (κ1) is 12.1. The van der Waals surface area contributed by atoms with Crippen LogP contribution in [0.4, 0.5) is 5.82 Å². The summed E-state index contributed by atoms with van der Waals surface area (Å²) in [6.07, 6.45) is 4.35. The number of piperidine rings is 1. The molecule has 1 aromatic heterocycles. The van der Waals surface area contributed by atoms with E-state index >= 15 is 0 Å². The van der Waals surface area contributed by atoms with E-state index in [4.69, 9.17) is 4.52 Å². The van der Waals surface area contributed by atoms with E-state index in [0.29, 0.717) is 18.0 Å². The van der Waals surface area contributed by atoms with Gasteiger partial charge in [-0.15, -0.1) is 0 Å². The van der Waals surface area contributed by atoms with Crippen LogP contribution in [0, 0.1) is 6.92 Å². The van der Waals surface area contributed by atoms with Crippen molar-refractivity contribution in [2.24, 2.45) is 0 Å². The SMILES string of the molecule is Cc1cc(NC(=O)CCN2CCCCC2)no1. The molecule has 1 saturated heterocycles. The average molecular weight is 237 g/mol. The topological polar surface area (TPSA) is 58.4 Å². The van der Waals surface area contributed by atoms with Gasteiger partial charge in [-0.05, 0) is 32.9 Å². The minimum Gasteiger partial charge on any atom is -0.360 e. The van der Waals surface area contributed by atoms with Crippen LogP contribution >= 0.6 is 0 Å². The van der Waals surface area contributed by atoms with E-state index in [1.54, 1.807) is 13.0 Å². The molecule has 5 nitrogen and oxygen atoms in total. The Labute approximate surface area is 101 Å². The summed E-state index contributed by atoms with van der Waals surface area (Å²) in [6, 6.07) is 1.72. The van der Waals surface area contributed by atoms with Crippen LogP contribution in [0.1, 0.15) is 31.4 Å². The van der Waals surface area contributed by atoms with Crippen molar-refractivity contribution < 1.29 is 9.32 Å². The number of aryl methyl sites for hydroxylation is 1. The first-order chi connectivity index (χ1) is 8.24. The third kappa shape index (κ3) is 3.85. The number of carbonyl (C=O) groups excluding carboxylic acids is 1. The van der Waals surface area contributed by atoms with E-state index in [2.05, 4.69) is 15.4 Å². The van der Waals surface area contributed by atoms with Gasteiger partial charge in [0.25, 0.3) is 0 Å². The van der Waals surface area contributed by atoms with Gasteiger partial charge in [0.1, 0.15) is 5.76 Å². The number of likely N-dealkylation sites (tertiary alicyclic amines) is 1. The van der Waals surface area contributed by atoms with Gasteiger partial charge in [-0.25, -0.2) is 0 Å². The molecule has 17 heavy (non-hydrogen) atoms. The van der Waals surface area contributed by atoms with E-state index < -0.39 is 0 Å². The van der Waals surface area contributed by atoms with Gasteiger partial charge in [0.15, 0.2) is 5.82 Å². The van der Waals surface area contributed by atoms with Crippen LogP contribution in [0.5, 0.6) is 0 Å². The van der Waals surface area contributed by atoms with E-state index in [0.717, 1.165) is 19.6 Å². The Balaban J connectivity index is 1.70. The van der Waals surface area contributed by atoms with Gasteiger partial charge in [0.2, 0.25) is 5.91 Å². The maximum atomic E-state index is 11.6. The molecule has 0 atom stereocenters. The van der Waals surface area contributed by atoms with Crippen molar-refractivity contribution in [2.45, 2.75) is 32.6 Å². The first-order valence-corrected chi connectivity index (χ1v) is 6.19. The van der Waals surface area contributed by atoms with Crippen molar-refractivity contribution >= 4 is 11.7 Å². The fourth-order valence-corrected chi connectivity index (χ4v) is 2.07. The summed E-state index contributed by atoms with van der Waals surface area (Å²) in [5.41, 5.74) is 0. The van der Waals surface area contributed by atoms with E-state index in [-0.39, 0.29) is 5.91 Å². The smallest absolute Gasteiger partial charge is 0.226 e. The Morgan fingerprint density at radius 1 is 1.47 bits per heavy atom. The van der Waals surface area contributed by atoms with E-state index in [1.807, 2.05) is 0 Å². The predicted octanol–water partition coefficient (Wildman–Crippen LogP) is 1.80. The second-order valence-corrected chi connectivity index (χ2v) is 4.52. The molecule has 1 aromatic rings. The summed E-state index contributed by atoms with van der Waals surface area (Å²) in [4.78, 5) is 14.0. The molecule has 1 fully saturated rings. The standard InChI is InChI=1S/C12H19N3O2/c1-10-9-11(14-17-10)13-12(16)5-8-15-6-3-2-4-7-15/h9H,2-8H2,1H3,(H,13,14,16). The van der Waals surface area contributed by atoms with Gasteiger partial charge in [0, 0.05) is 19.0 Å². The largest absolute Gasteiger partial charge is 0.360 e. The molecule has 2 heterocycles. The van der Waals surface area contributed by atoms with Gasteiger partial charge in [-0.3, -0.25) is 4.79 Å². The Morgan fingerprint density at radius 2 is 2.24 bits per heavy atom. The number of hydrogen-bond acceptors (Lipinski definition) is 4. The van der Waals surface area contributed by atoms with Crippen molar-refractivity contribution in [1.82, 2.24) is 10.1 Å². The number of aromatic nitrogens is 1. The van der Waals surface area contributed by atoms with Crippen molar-refractivity contribution in [3.05, 3.63) is 11.8 Å². The van der Waals surface area contributed by atoms with Gasteiger partial charge >= 0.3 is 0 Å². The maximum absolute atomic E-state index is 11.6. The molecule has 5 heteroatoms. The molecule has 0 aliphatic carbocycles. The molecule has 0 spiro atoms. The van der Waals surface area contributed by atoms with Crippen molar-refractivity contribution in [3.8, 4) is 0 Å². The Bertz CT molecular complexity index is 370. The van der Waals surface area contributed by atoms with Crippen molar-refractivity contribution in [2.75, 3.05) is 25.0 Å². The highest BCUT2D eigenvalue weighted by molar-refractivity contribution is 5.89. The summed E-state index contributed by atoms with van der Waals surface area (Å²) in [5.74, 6) is 1.21. The minimum atomic E-state index is 0.00359. The predicted molar refractivity (Wildman–Crippen MR) is 64.8 cm³/mol. The van der Waals surface area contributed by atoms with Crippen LogP contribution in [0.25, 0.3) is 0 Å². The van der Waals surface area contributed by atoms with E-state index in [9.17, 15) is 4.79 Å². The highest BCUT2D eigenvalue weighted by atomic mass is 16.5. The lowest BCUT2D eigenvalue weighted by Gasteiger charge is -2.25. The molecule has 94 valence electrons. The zero-order valence-corrected chi connectivity index (χ0v) is 10.2. The van der Waals surface area contributed by atoms with Crippen LogP contribution in [0.3, 0.4) is 0 Å². The molecule has 0 bridgehead atoms. The number of amides is 1. The lowest BCUT2D eigenvalue weighted by Crippen LogP contribution is -2.32. The second-order valence-electron chi connectivity index (χ2n) is 4.52. The summed E-state index contributed by atoms with van der Waals surface area (Å²) < 4.78 is 4.88. The Hall–Kier alpha value is -1.36. The normalized spacial score (nSPS) is 17.0. The van der Waals surface area contributed by atoms with Crippen LogP contribution in [-0.4, -0.2) is 35.6 Å². The highest BCUT2D eigenvalue weighted by Crippen LogP contribution is 2.10.